The molecular weight excluding hydrogens is 428 g/mol. The summed E-state index contributed by atoms with van der Waals surface area (Å²) < 4.78 is 13.0. The molecule has 2 aromatic heterocycles. The Morgan fingerprint density at radius 1 is 0.794 bits per heavy atom. The molecule has 0 radical (unpaired) electrons. The van der Waals surface area contributed by atoms with Crippen LogP contribution in [0, 0.1) is 0 Å². The lowest BCUT2D eigenvalue weighted by Crippen LogP contribution is -2.36. The van der Waals surface area contributed by atoms with E-state index in [0.29, 0.717) is 0 Å². The standard InChI is InChI=1S/C26H28N6O2/c1-2-20(18-23(3-1)31-12-16-34-17-13-31)24-19-32-9-8-27-26(32)25(29-24)28-21-4-6-22(7-5-21)30-10-14-33-15-11-30/h1-9,18-19H,10-17H2,(H,28,29). The van der Waals surface area contributed by atoms with Crippen LogP contribution in [0.5, 0.6) is 0 Å². The summed E-state index contributed by atoms with van der Waals surface area (Å²) in [6.07, 6.45) is 5.80. The minimum absolute atomic E-state index is 0.735. The van der Waals surface area contributed by atoms with E-state index in [4.69, 9.17) is 14.5 Å². The molecule has 1 N–H and O–H groups in total. The summed E-state index contributed by atoms with van der Waals surface area (Å²) in [5, 5.41) is 3.49. The number of ether oxygens (including phenoxy) is 2. The zero-order valence-corrected chi connectivity index (χ0v) is 19.1. The molecule has 2 aliphatic rings. The highest BCUT2D eigenvalue weighted by molar-refractivity contribution is 5.75. The monoisotopic (exact) mass is 456 g/mol. The molecule has 2 aromatic carbocycles. The van der Waals surface area contributed by atoms with Crippen molar-refractivity contribution in [3.05, 3.63) is 67.1 Å². The van der Waals surface area contributed by atoms with Crippen molar-refractivity contribution in [3.63, 3.8) is 0 Å². The highest BCUT2D eigenvalue weighted by Crippen LogP contribution is 2.28. The molecule has 4 heterocycles. The van der Waals surface area contributed by atoms with Crippen LogP contribution in [-0.4, -0.2) is 67.0 Å². The van der Waals surface area contributed by atoms with Gasteiger partial charge in [-0.05, 0) is 36.4 Å². The minimum Gasteiger partial charge on any atom is -0.378 e. The highest BCUT2D eigenvalue weighted by atomic mass is 16.5. The predicted octanol–water partition coefficient (Wildman–Crippen LogP) is 3.81. The van der Waals surface area contributed by atoms with Crippen LogP contribution in [0.25, 0.3) is 16.9 Å². The largest absolute Gasteiger partial charge is 0.378 e. The van der Waals surface area contributed by atoms with Crippen molar-refractivity contribution < 1.29 is 9.47 Å². The lowest BCUT2D eigenvalue weighted by Gasteiger charge is -2.29. The fourth-order valence-corrected chi connectivity index (χ4v) is 4.55. The number of hydrogen-bond donors (Lipinski definition) is 1. The normalized spacial score (nSPS) is 16.7. The quantitative estimate of drug-likeness (QED) is 0.490. The number of nitrogens with zero attached hydrogens (tertiary/aromatic N) is 5. The van der Waals surface area contributed by atoms with Gasteiger partial charge in [0.05, 0.1) is 32.1 Å². The van der Waals surface area contributed by atoms with Crippen LogP contribution in [-0.2, 0) is 9.47 Å². The van der Waals surface area contributed by atoms with Gasteiger partial charge in [-0.15, -0.1) is 0 Å². The van der Waals surface area contributed by atoms with Gasteiger partial charge in [-0.25, -0.2) is 9.97 Å². The van der Waals surface area contributed by atoms with Crippen molar-refractivity contribution in [3.8, 4) is 11.3 Å². The summed E-state index contributed by atoms with van der Waals surface area (Å²) >= 11 is 0. The molecule has 0 bridgehead atoms. The number of benzene rings is 2. The molecular formula is C26H28N6O2. The summed E-state index contributed by atoms with van der Waals surface area (Å²) in [7, 11) is 0. The van der Waals surface area contributed by atoms with E-state index in [1.165, 1.54) is 11.4 Å². The molecule has 0 aliphatic carbocycles. The molecule has 0 atom stereocenters. The van der Waals surface area contributed by atoms with E-state index >= 15 is 0 Å². The van der Waals surface area contributed by atoms with Gasteiger partial charge < -0.3 is 29.0 Å². The van der Waals surface area contributed by atoms with Crippen molar-refractivity contribution in [2.24, 2.45) is 0 Å². The van der Waals surface area contributed by atoms with Gasteiger partial charge in [0.25, 0.3) is 0 Å². The first-order valence-electron chi connectivity index (χ1n) is 11.8. The van der Waals surface area contributed by atoms with Gasteiger partial charge in [0.2, 0.25) is 0 Å². The van der Waals surface area contributed by atoms with Crippen LogP contribution in [0.15, 0.2) is 67.1 Å². The Morgan fingerprint density at radius 2 is 1.50 bits per heavy atom. The summed E-state index contributed by atoms with van der Waals surface area (Å²) in [6.45, 7) is 6.75. The maximum Gasteiger partial charge on any atom is 0.180 e. The molecule has 0 spiro atoms. The zero-order valence-electron chi connectivity index (χ0n) is 19.1. The van der Waals surface area contributed by atoms with E-state index in [0.717, 1.165) is 81.0 Å². The molecule has 6 rings (SSSR count). The molecule has 8 heteroatoms. The average molecular weight is 457 g/mol. The third-order valence-electron chi connectivity index (χ3n) is 6.40. The van der Waals surface area contributed by atoms with Crippen LogP contribution in [0.3, 0.4) is 0 Å². The second-order valence-electron chi connectivity index (χ2n) is 8.55. The number of hydrogen-bond acceptors (Lipinski definition) is 7. The lowest BCUT2D eigenvalue weighted by atomic mass is 10.1. The Morgan fingerprint density at radius 3 is 2.24 bits per heavy atom. The van der Waals surface area contributed by atoms with E-state index in [1.54, 1.807) is 6.20 Å². The predicted molar refractivity (Wildman–Crippen MR) is 134 cm³/mol. The molecule has 34 heavy (non-hydrogen) atoms. The van der Waals surface area contributed by atoms with Crippen LogP contribution >= 0.6 is 0 Å². The Hall–Kier alpha value is -3.62. The molecule has 2 fully saturated rings. The van der Waals surface area contributed by atoms with Crippen LogP contribution in [0.2, 0.25) is 0 Å². The van der Waals surface area contributed by atoms with E-state index < -0.39 is 0 Å². The molecule has 2 aliphatic heterocycles. The van der Waals surface area contributed by atoms with E-state index in [1.807, 2.05) is 16.8 Å². The number of imidazole rings is 1. The van der Waals surface area contributed by atoms with Crippen molar-refractivity contribution in [1.29, 1.82) is 0 Å². The molecule has 174 valence electrons. The molecule has 4 aromatic rings. The Labute approximate surface area is 198 Å². The lowest BCUT2D eigenvalue weighted by molar-refractivity contribution is 0.122. The van der Waals surface area contributed by atoms with Gasteiger partial charge in [0.1, 0.15) is 0 Å². The fraction of sp³-hybridized carbons (Fsp3) is 0.308. The first-order valence-corrected chi connectivity index (χ1v) is 11.8. The molecule has 0 unspecified atom stereocenters. The number of morpholine rings is 2. The first-order chi connectivity index (χ1) is 16.8. The number of anilines is 4. The smallest absolute Gasteiger partial charge is 0.180 e. The number of aromatic nitrogens is 3. The second kappa shape index (κ2) is 9.32. The van der Waals surface area contributed by atoms with Gasteiger partial charge in [0, 0.05) is 67.4 Å². The zero-order chi connectivity index (χ0) is 22.7. The van der Waals surface area contributed by atoms with Crippen LogP contribution in [0.4, 0.5) is 22.9 Å². The second-order valence-corrected chi connectivity index (χ2v) is 8.55. The van der Waals surface area contributed by atoms with Gasteiger partial charge in [-0.1, -0.05) is 12.1 Å². The summed E-state index contributed by atoms with van der Waals surface area (Å²) in [5.41, 5.74) is 6.15. The van der Waals surface area contributed by atoms with E-state index in [9.17, 15) is 0 Å². The molecule has 8 nitrogen and oxygen atoms in total. The maximum absolute atomic E-state index is 5.51. The maximum atomic E-state index is 5.51. The van der Waals surface area contributed by atoms with Gasteiger partial charge in [-0.2, -0.15) is 0 Å². The van der Waals surface area contributed by atoms with Crippen LogP contribution in [0.1, 0.15) is 0 Å². The first kappa shape index (κ1) is 20.9. The van der Waals surface area contributed by atoms with Crippen molar-refractivity contribution >= 4 is 28.5 Å². The topological polar surface area (TPSA) is 67.2 Å². The SMILES string of the molecule is c1cc(-c2cn3ccnc3c(Nc3ccc(N4CCOCC4)cc3)n2)cc(N2CCOCC2)c1. The van der Waals surface area contributed by atoms with Gasteiger partial charge in [0.15, 0.2) is 11.5 Å². The Kier molecular flexibility index (Phi) is 5.74. The summed E-state index contributed by atoms with van der Waals surface area (Å²) in [6, 6.07) is 17.0. The Balaban J connectivity index is 1.29. The number of nitrogens with one attached hydrogen (secondary N) is 1. The minimum atomic E-state index is 0.735. The molecule has 0 saturated carbocycles. The fourth-order valence-electron chi connectivity index (χ4n) is 4.55. The van der Waals surface area contributed by atoms with Crippen LogP contribution < -0.4 is 15.1 Å². The third kappa shape index (κ3) is 4.30. The van der Waals surface area contributed by atoms with E-state index in [-0.39, 0.29) is 0 Å². The van der Waals surface area contributed by atoms with Crippen molar-refractivity contribution in [2.75, 3.05) is 67.7 Å². The summed E-state index contributed by atoms with van der Waals surface area (Å²) in [5.74, 6) is 0.735. The molecule has 2 saturated heterocycles. The van der Waals surface area contributed by atoms with Crippen molar-refractivity contribution in [2.45, 2.75) is 0 Å². The molecule has 0 amide bonds. The van der Waals surface area contributed by atoms with E-state index in [2.05, 4.69) is 68.6 Å². The Bertz CT molecular complexity index is 1260. The van der Waals surface area contributed by atoms with Gasteiger partial charge in [-0.3, -0.25) is 0 Å². The number of fused-ring (bicyclic) bond motifs is 1. The van der Waals surface area contributed by atoms with Crippen molar-refractivity contribution in [1.82, 2.24) is 14.4 Å². The van der Waals surface area contributed by atoms with Gasteiger partial charge >= 0.3 is 0 Å². The number of rotatable bonds is 5. The summed E-state index contributed by atoms with van der Waals surface area (Å²) in [4.78, 5) is 14.2. The highest BCUT2D eigenvalue weighted by Gasteiger charge is 2.15. The third-order valence-corrected chi connectivity index (χ3v) is 6.40. The average Bonchev–Trinajstić information content (AvgIpc) is 3.40.